The molecule has 0 bridgehead atoms. The van der Waals surface area contributed by atoms with Crippen LogP contribution in [0.3, 0.4) is 0 Å². The van der Waals surface area contributed by atoms with E-state index in [1.807, 2.05) is 13.0 Å². The van der Waals surface area contributed by atoms with E-state index in [1.165, 1.54) is 18.0 Å². The van der Waals surface area contributed by atoms with Gasteiger partial charge in [0.2, 0.25) is 5.91 Å². The number of amides is 2. The molecule has 2 amide bonds. The third-order valence-electron chi connectivity index (χ3n) is 2.73. The Kier molecular flexibility index (Phi) is 4.95. The molecule has 0 saturated heterocycles. The largest absolute Gasteiger partial charge is 0.453 e. The van der Waals surface area contributed by atoms with E-state index in [0.717, 1.165) is 5.56 Å². The van der Waals surface area contributed by atoms with Gasteiger partial charge in [-0.3, -0.25) is 10.1 Å². The normalized spacial score (nSPS) is 10.1. The molecule has 1 aromatic carbocycles. The lowest BCUT2D eigenvalue weighted by Crippen LogP contribution is -2.19. The van der Waals surface area contributed by atoms with Gasteiger partial charge in [-0.05, 0) is 24.6 Å². The number of benzene rings is 1. The van der Waals surface area contributed by atoms with Crippen LogP contribution in [0.2, 0.25) is 5.02 Å². The van der Waals surface area contributed by atoms with Gasteiger partial charge in [-0.15, -0.1) is 5.10 Å². The van der Waals surface area contributed by atoms with Crippen molar-refractivity contribution in [1.82, 2.24) is 15.0 Å². The molecule has 2 rings (SSSR count). The Morgan fingerprint density at radius 2 is 2.14 bits per heavy atom. The highest BCUT2D eigenvalue weighted by molar-refractivity contribution is 6.31. The molecule has 1 heterocycles. The van der Waals surface area contributed by atoms with E-state index in [2.05, 4.69) is 25.7 Å². The first-order chi connectivity index (χ1) is 10.5. The van der Waals surface area contributed by atoms with Crippen LogP contribution in [0.1, 0.15) is 5.56 Å². The minimum absolute atomic E-state index is 0.0538. The van der Waals surface area contributed by atoms with Crippen molar-refractivity contribution in [3.63, 3.8) is 0 Å². The highest BCUT2D eigenvalue weighted by atomic mass is 35.5. The molecular weight excluding hydrogens is 310 g/mol. The van der Waals surface area contributed by atoms with E-state index < -0.39 is 6.09 Å². The zero-order valence-electron chi connectivity index (χ0n) is 12.0. The van der Waals surface area contributed by atoms with Gasteiger partial charge < -0.3 is 10.1 Å². The fourth-order valence-electron chi connectivity index (χ4n) is 1.65. The van der Waals surface area contributed by atoms with Crippen LogP contribution in [0.4, 0.5) is 16.3 Å². The van der Waals surface area contributed by atoms with E-state index in [9.17, 15) is 9.59 Å². The van der Waals surface area contributed by atoms with E-state index in [4.69, 9.17) is 11.6 Å². The minimum atomic E-state index is -0.661. The highest BCUT2D eigenvalue weighted by Gasteiger charge is 2.10. The van der Waals surface area contributed by atoms with Crippen molar-refractivity contribution >= 4 is 35.1 Å². The minimum Gasteiger partial charge on any atom is -0.453 e. The van der Waals surface area contributed by atoms with Gasteiger partial charge in [0.1, 0.15) is 6.54 Å². The number of anilines is 2. The number of aryl methyl sites for hydroxylation is 1. The molecule has 8 nitrogen and oxygen atoms in total. The first-order valence-corrected chi connectivity index (χ1v) is 6.67. The summed E-state index contributed by atoms with van der Waals surface area (Å²) >= 11 is 5.90. The molecule has 2 N–H and O–H groups in total. The lowest BCUT2D eigenvalue weighted by atomic mass is 10.2. The molecule has 22 heavy (non-hydrogen) atoms. The maximum atomic E-state index is 12.0. The van der Waals surface area contributed by atoms with Crippen molar-refractivity contribution in [1.29, 1.82) is 0 Å². The maximum absolute atomic E-state index is 12.0. The number of hydrogen-bond acceptors (Lipinski definition) is 5. The molecule has 1 aromatic heterocycles. The Morgan fingerprint density at radius 3 is 2.86 bits per heavy atom. The van der Waals surface area contributed by atoms with Gasteiger partial charge in [0, 0.05) is 10.7 Å². The molecule has 0 unspecified atom stereocenters. The number of carbonyl (C=O) groups is 2. The predicted molar refractivity (Wildman–Crippen MR) is 80.9 cm³/mol. The standard InChI is InChI=1S/C13H14ClN5O3/c1-8-3-4-9(14)5-10(8)15-12(20)7-19-6-11(17-18-19)16-13(21)22-2/h3-6H,7H2,1-2H3,(H,15,20)(H,16,21). The molecule has 0 saturated carbocycles. The highest BCUT2D eigenvalue weighted by Crippen LogP contribution is 2.20. The molecular formula is C13H14ClN5O3. The van der Waals surface area contributed by atoms with E-state index in [1.54, 1.807) is 12.1 Å². The molecule has 9 heteroatoms. The van der Waals surface area contributed by atoms with Crippen LogP contribution in [0.25, 0.3) is 0 Å². The molecule has 0 aliphatic heterocycles. The molecule has 116 valence electrons. The number of halogens is 1. The summed E-state index contributed by atoms with van der Waals surface area (Å²) in [6.07, 6.45) is 0.757. The number of carbonyl (C=O) groups excluding carboxylic acids is 2. The summed E-state index contributed by atoms with van der Waals surface area (Å²) in [5, 5.41) is 13.0. The van der Waals surface area contributed by atoms with Crippen LogP contribution in [-0.4, -0.2) is 34.1 Å². The van der Waals surface area contributed by atoms with Crippen LogP contribution >= 0.6 is 11.6 Å². The quantitative estimate of drug-likeness (QED) is 0.897. The summed E-state index contributed by atoms with van der Waals surface area (Å²) in [6, 6.07) is 5.22. The zero-order chi connectivity index (χ0) is 16.1. The number of hydrogen-bond donors (Lipinski definition) is 2. The lowest BCUT2D eigenvalue weighted by Gasteiger charge is -2.08. The van der Waals surface area contributed by atoms with E-state index in [-0.39, 0.29) is 18.3 Å². The monoisotopic (exact) mass is 323 g/mol. The summed E-state index contributed by atoms with van der Waals surface area (Å²) in [6.45, 7) is 1.81. The second-order valence-corrected chi connectivity index (χ2v) is 4.86. The maximum Gasteiger partial charge on any atom is 0.412 e. The molecule has 0 fully saturated rings. The van der Waals surface area contributed by atoms with Crippen LogP contribution in [0, 0.1) is 6.92 Å². The van der Waals surface area contributed by atoms with E-state index in [0.29, 0.717) is 10.7 Å². The number of rotatable bonds is 4. The third-order valence-corrected chi connectivity index (χ3v) is 2.97. The second-order valence-electron chi connectivity index (χ2n) is 4.43. The first-order valence-electron chi connectivity index (χ1n) is 6.29. The van der Waals surface area contributed by atoms with Crippen LogP contribution in [-0.2, 0) is 16.1 Å². The van der Waals surface area contributed by atoms with Gasteiger partial charge in [-0.25, -0.2) is 9.48 Å². The Bertz CT molecular complexity index is 701. The van der Waals surface area contributed by atoms with Crippen LogP contribution in [0.15, 0.2) is 24.4 Å². The Labute approximate surface area is 131 Å². The zero-order valence-corrected chi connectivity index (χ0v) is 12.7. The number of nitrogens with one attached hydrogen (secondary N) is 2. The van der Waals surface area contributed by atoms with Crippen molar-refractivity contribution in [2.75, 3.05) is 17.7 Å². The summed E-state index contributed by atoms with van der Waals surface area (Å²) in [5.74, 6) is -0.0986. The predicted octanol–water partition coefficient (Wildman–Crippen LogP) is 2.06. The number of aromatic nitrogens is 3. The second kappa shape index (κ2) is 6.90. The summed E-state index contributed by atoms with van der Waals surface area (Å²) in [4.78, 5) is 23.0. The topological polar surface area (TPSA) is 98.1 Å². The van der Waals surface area contributed by atoms with Crippen LogP contribution < -0.4 is 10.6 Å². The Hall–Kier alpha value is -2.61. The van der Waals surface area contributed by atoms with Crippen molar-refractivity contribution < 1.29 is 14.3 Å². The van der Waals surface area contributed by atoms with Crippen molar-refractivity contribution in [2.24, 2.45) is 0 Å². The number of ether oxygens (including phenoxy) is 1. The molecule has 0 spiro atoms. The summed E-state index contributed by atoms with van der Waals surface area (Å²) in [5.41, 5.74) is 1.52. The van der Waals surface area contributed by atoms with Crippen molar-refractivity contribution in [2.45, 2.75) is 13.5 Å². The fraction of sp³-hybridized carbons (Fsp3) is 0.231. The SMILES string of the molecule is COC(=O)Nc1cn(CC(=O)Nc2cc(Cl)ccc2C)nn1. The number of methoxy groups -OCH3 is 1. The molecule has 0 aliphatic rings. The van der Waals surface area contributed by atoms with Gasteiger partial charge in [0.15, 0.2) is 5.82 Å². The van der Waals surface area contributed by atoms with Gasteiger partial charge >= 0.3 is 6.09 Å². The summed E-state index contributed by atoms with van der Waals surface area (Å²) in [7, 11) is 1.24. The van der Waals surface area contributed by atoms with Gasteiger partial charge in [0.25, 0.3) is 0 Å². The fourth-order valence-corrected chi connectivity index (χ4v) is 1.83. The average molecular weight is 324 g/mol. The van der Waals surface area contributed by atoms with Gasteiger partial charge in [-0.1, -0.05) is 22.9 Å². The molecule has 0 aliphatic carbocycles. The Balaban J connectivity index is 1.97. The first kappa shape index (κ1) is 15.8. The van der Waals surface area contributed by atoms with Crippen molar-refractivity contribution in [3.8, 4) is 0 Å². The number of nitrogens with zero attached hydrogens (tertiary/aromatic N) is 3. The molecule has 0 atom stereocenters. The molecule has 0 radical (unpaired) electrons. The molecule has 2 aromatic rings. The third kappa shape index (κ3) is 4.19. The lowest BCUT2D eigenvalue weighted by molar-refractivity contribution is -0.116. The Morgan fingerprint density at radius 1 is 1.36 bits per heavy atom. The van der Waals surface area contributed by atoms with Crippen molar-refractivity contribution in [3.05, 3.63) is 35.0 Å². The van der Waals surface area contributed by atoms with Crippen LogP contribution in [0.5, 0.6) is 0 Å². The van der Waals surface area contributed by atoms with Gasteiger partial charge in [0.05, 0.1) is 13.3 Å². The summed E-state index contributed by atoms with van der Waals surface area (Å²) < 4.78 is 5.72. The van der Waals surface area contributed by atoms with E-state index >= 15 is 0 Å². The smallest absolute Gasteiger partial charge is 0.412 e. The van der Waals surface area contributed by atoms with Gasteiger partial charge in [-0.2, -0.15) is 0 Å². The average Bonchev–Trinajstić information content (AvgIpc) is 2.89.